The van der Waals surface area contributed by atoms with Crippen LogP contribution >= 0.6 is 0 Å². The number of ether oxygens (including phenoxy) is 1. The molecular formula is C6H10N3O3. The fourth-order valence-corrected chi connectivity index (χ4v) is 0.509. The Bertz CT molecular complexity index is 214. The predicted molar refractivity (Wildman–Crippen MR) is 40.3 cm³/mol. The summed E-state index contributed by atoms with van der Waals surface area (Å²) < 4.78 is 4.48. The molecule has 0 spiro atoms. The molecule has 12 heavy (non-hydrogen) atoms. The zero-order valence-corrected chi connectivity index (χ0v) is 6.83. The predicted octanol–water partition coefficient (Wildman–Crippen LogP) is -1.04. The van der Waals surface area contributed by atoms with Crippen LogP contribution in [-0.4, -0.2) is 23.9 Å². The molecule has 0 aromatic rings. The minimum absolute atomic E-state index is 0.574. The van der Waals surface area contributed by atoms with E-state index in [-0.39, 0.29) is 0 Å². The summed E-state index contributed by atoms with van der Waals surface area (Å²) in [4.78, 5) is 21.2. The normalized spacial score (nSPS) is 11.5. The summed E-state index contributed by atoms with van der Waals surface area (Å²) in [5, 5.41) is 9.73. The Labute approximate surface area is 69.6 Å². The Morgan fingerprint density at radius 3 is 2.42 bits per heavy atom. The Balaban J connectivity index is 3.93. The summed E-state index contributed by atoms with van der Waals surface area (Å²) in [5.41, 5.74) is 4.82. The van der Waals surface area contributed by atoms with E-state index < -0.39 is 23.9 Å². The number of hydrogen-bond acceptors (Lipinski definition) is 4. The van der Waals surface area contributed by atoms with Crippen molar-refractivity contribution in [3.63, 3.8) is 0 Å². The fraction of sp³-hybridized carbons (Fsp3) is 0.500. The SMILES string of the molecule is CC(=O)OC(C)C(=O)[N]C(=N)N. The summed E-state index contributed by atoms with van der Waals surface area (Å²) in [6.07, 6.45) is -0.980. The number of nitrogens with one attached hydrogen (secondary N) is 1. The molecule has 0 heterocycles. The van der Waals surface area contributed by atoms with Gasteiger partial charge >= 0.3 is 5.97 Å². The molecule has 67 valence electrons. The molecule has 0 fully saturated rings. The van der Waals surface area contributed by atoms with Crippen LogP contribution in [0.3, 0.4) is 0 Å². The monoisotopic (exact) mass is 172 g/mol. The lowest BCUT2D eigenvalue weighted by molar-refractivity contribution is -0.152. The van der Waals surface area contributed by atoms with Crippen LogP contribution in [0.15, 0.2) is 0 Å². The Hall–Kier alpha value is -1.59. The van der Waals surface area contributed by atoms with Gasteiger partial charge in [-0.3, -0.25) is 15.0 Å². The van der Waals surface area contributed by atoms with E-state index in [9.17, 15) is 9.59 Å². The van der Waals surface area contributed by atoms with Gasteiger partial charge < -0.3 is 10.5 Å². The van der Waals surface area contributed by atoms with Crippen LogP contribution in [0.5, 0.6) is 0 Å². The van der Waals surface area contributed by atoms with Gasteiger partial charge in [-0.2, -0.15) is 5.32 Å². The summed E-state index contributed by atoms with van der Waals surface area (Å²) in [6, 6.07) is 0. The van der Waals surface area contributed by atoms with E-state index in [1.54, 1.807) is 0 Å². The highest BCUT2D eigenvalue weighted by molar-refractivity contribution is 5.96. The summed E-state index contributed by atoms with van der Waals surface area (Å²) >= 11 is 0. The highest BCUT2D eigenvalue weighted by Gasteiger charge is 2.17. The molecule has 0 rings (SSSR count). The molecule has 1 amide bonds. The zero-order valence-electron chi connectivity index (χ0n) is 6.83. The number of guanidine groups is 1. The molecule has 6 heteroatoms. The van der Waals surface area contributed by atoms with Gasteiger partial charge in [-0.25, -0.2) is 0 Å². The molecule has 0 bridgehead atoms. The van der Waals surface area contributed by atoms with Gasteiger partial charge in [0.2, 0.25) is 5.96 Å². The van der Waals surface area contributed by atoms with Crippen molar-refractivity contribution in [1.82, 2.24) is 5.32 Å². The van der Waals surface area contributed by atoms with Gasteiger partial charge in [-0.1, -0.05) is 0 Å². The van der Waals surface area contributed by atoms with Gasteiger partial charge in [0.1, 0.15) is 0 Å². The number of hydrogen-bond donors (Lipinski definition) is 2. The maximum Gasteiger partial charge on any atom is 0.303 e. The smallest absolute Gasteiger partial charge is 0.303 e. The number of nitrogens with two attached hydrogens (primary N) is 1. The van der Waals surface area contributed by atoms with E-state index >= 15 is 0 Å². The average Bonchev–Trinajstić information content (AvgIpc) is 1.84. The van der Waals surface area contributed by atoms with Gasteiger partial charge in [-0.05, 0) is 6.92 Å². The van der Waals surface area contributed by atoms with Crippen LogP contribution in [0.4, 0.5) is 0 Å². The van der Waals surface area contributed by atoms with Crippen molar-refractivity contribution in [2.45, 2.75) is 20.0 Å². The molecule has 6 nitrogen and oxygen atoms in total. The molecule has 0 saturated carbocycles. The second-order valence-corrected chi connectivity index (χ2v) is 2.09. The van der Waals surface area contributed by atoms with Gasteiger partial charge in [-0.15, -0.1) is 0 Å². The van der Waals surface area contributed by atoms with E-state index in [0.717, 1.165) is 0 Å². The molecular weight excluding hydrogens is 162 g/mol. The van der Waals surface area contributed by atoms with Crippen molar-refractivity contribution in [3.05, 3.63) is 0 Å². The van der Waals surface area contributed by atoms with E-state index in [4.69, 9.17) is 11.1 Å². The molecule has 1 atom stereocenters. The number of rotatable bonds is 2. The lowest BCUT2D eigenvalue weighted by Crippen LogP contribution is -2.37. The quantitative estimate of drug-likeness (QED) is 0.315. The lowest BCUT2D eigenvalue weighted by Gasteiger charge is -2.08. The first-order chi connectivity index (χ1) is 5.43. The third-order valence-corrected chi connectivity index (χ3v) is 0.921. The van der Waals surface area contributed by atoms with Crippen molar-refractivity contribution < 1.29 is 14.3 Å². The maximum atomic E-state index is 10.8. The van der Waals surface area contributed by atoms with Crippen LogP contribution < -0.4 is 11.1 Å². The summed E-state index contributed by atoms with van der Waals surface area (Å²) in [5.74, 6) is -1.91. The molecule has 0 aliphatic carbocycles. The van der Waals surface area contributed by atoms with Crippen LogP contribution in [-0.2, 0) is 14.3 Å². The number of amides is 1. The molecule has 0 aliphatic rings. The molecule has 3 N–H and O–H groups in total. The minimum Gasteiger partial charge on any atom is -0.453 e. The first kappa shape index (κ1) is 10.4. The molecule has 1 radical (unpaired) electrons. The summed E-state index contributed by atoms with van der Waals surface area (Å²) in [7, 11) is 0. The van der Waals surface area contributed by atoms with E-state index in [1.807, 2.05) is 0 Å². The average molecular weight is 172 g/mol. The van der Waals surface area contributed by atoms with Gasteiger partial charge in [0, 0.05) is 6.92 Å². The van der Waals surface area contributed by atoms with Crippen molar-refractivity contribution in [2.24, 2.45) is 5.73 Å². The Morgan fingerprint density at radius 1 is 1.58 bits per heavy atom. The Morgan fingerprint density at radius 2 is 2.08 bits per heavy atom. The van der Waals surface area contributed by atoms with Crippen LogP contribution in [0.2, 0.25) is 0 Å². The first-order valence-corrected chi connectivity index (χ1v) is 3.20. The summed E-state index contributed by atoms with van der Waals surface area (Å²) in [6.45, 7) is 2.54. The molecule has 0 saturated heterocycles. The second-order valence-electron chi connectivity index (χ2n) is 2.09. The first-order valence-electron chi connectivity index (χ1n) is 3.20. The van der Waals surface area contributed by atoms with E-state index in [0.29, 0.717) is 0 Å². The molecule has 0 aliphatic heterocycles. The van der Waals surface area contributed by atoms with Gasteiger partial charge in [0.15, 0.2) is 6.10 Å². The molecule has 0 aromatic heterocycles. The van der Waals surface area contributed by atoms with E-state index in [2.05, 4.69) is 10.1 Å². The lowest BCUT2D eigenvalue weighted by atomic mass is 10.4. The minimum atomic E-state index is -0.980. The number of nitrogens with zero attached hydrogens (tertiary/aromatic N) is 1. The van der Waals surface area contributed by atoms with Crippen molar-refractivity contribution in [1.29, 1.82) is 5.41 Å². The van der Waals surface area contributed by atoms with Gasteiger partial charge in [0.05, 0.1) is 0 Å². The largest absolute Gasteiger partial charge is 0.453 e. The zero-order chi connectivity index (χ0) is 9.72. The number of carbonyl (C=O) groups is 2. The standard InChI is InChI=1S/C6H10N3O3/c1-3(12-4(2)10)5(11)9-6(7)8/h3H,1-2H3,(H3,7,8). The van der Waals surface area contributed by atoms with E-state index in [1.165, 1.54) is 13.8 Å². The number of carbonyl (C=O) groups excluding carboxylic acids is 2. The Kier molecular flexibility index (Phi) is 3.75. The third kappa shape index (κ3) is 4.26. The fourth-order valence-electron chi connectivity index (χ4n) is 0.509. The molecule has 0 aromatic carbocycles. The van der Waals surface area contributed by atoms with Gasteiger partial charge in [0.25, 0.3) is 5.91 Å². The molecule has 1 unspecified atom stereocenters. The highest BCUT2D eigenvalue weighted by Crippen LogP contribution is 1.91. The maximum absolute atomic E-state index is 10.8. The highest BCUT2D eigenvalue weighted by atomic mass is 16.5. The van der Waals surface area contributed by atoms with Crippen LogP contribution in [0, 0.1) is 5.41 Å². The van der Waals surface area contributed by atoms with Crippen molar-refractivity contribution in [2.75, 3.05) is 0 Å². The van der Waals surface area contributed by atoms with Crippen LogP contribution in [0.1, 0.15) is 13.8 Å². The number of esters is 1. The van der Waals surface area contributed by atoms with Crippen molar-refractivity contribution >= 4 is 17.8 Å². The second kappa shape index (κ2) is 4.32. The van der Waals surface area contributed by atoms with Crippen molar-refractivity contribution in [3.8, 4) is 0 Å². The van der Waals surface area contributed by atoms with Crippen LogP contribution in [0.25, 0.3) is 0 Å². The third-order valence-electron chi connectivity index (χ3n) is 0.921. The topological polar surface area (TPSA) is 107 Å².